The van der Waals surface area contributed by atoms with Gasteiger partial charge in [0.2, 0.25) is 0 Å². The van der Waals surface area contributed by atoms with Crippen LogP contribution >= 0.6 is 0 Å². The Balaban J connectivity index is 2.93. The summed E-state index contributed by atoms with van der Waals surface area (Å²) in [4.78, 5) is 0. The van der Waals surface area contributed by atoms with E-state index < -0.39 is 0 Å². The lowest BCUT2D eigenvalue weighted by Gasteiger charge is -2.21. The Bertz CT molecular complexity index is 216. The quantitative estimate of drug-likeness (QED) is 0.645. The van der Waals surface area contributed by atoms with Crippen LogP contribution in [0.3, 0.4) is 0 Å². The lowest BCUT2D eigenvalue weighted by atomic mass is 9.84. The van der Waals surface area contributed by atoms with Gasteiger partial charge in [0.05, 0.1) is 6.20 Å². The molecule has 0 aliphatic heterocycles. The summed E-state index contributed by atoms with van der Waals surface area (Å²) in [7, 11) is 0. The van der Waals surface area contributed by atoms with Gasteiger partial charge in [-0.2, -0.15) is 10.2 Å². The maximum absolute atomic E-state index is 3.85. The lowest BCUT2D eigenvalue weighted by Crippen LogP contribution is -2.15. The molecule has 1 aromatic rings. The fraction of sp³-hybridized carbons (Fsp3) is 0.556. The molecule has 1 heterocycles. The summed E-state index contributed by atoms with van der Waals surface area (Å²) < 4.78 is 0. The molecule has 0 aliphatic carbocycles. The summed E-state index contributed by atoms with van der Waals surface area (Å²) >= 11 is 0. The zero-order valence-electron chi connectivity index (χ0n) is 7.33. The van der Waals surface area contributed by atoms with Crippen molar-refractivity contribution in [1.29, 1.82) is 0 Å². The molecular formula is C9H14N2. The molecule has 0 saturated carbocycles. The molecule has 0 fully saturated rings. The molecule has 0 amide bonds. The second kappa shape index (κ2) is 2.99. The van der Waals surface area contributed by atoms with E-state index in [1.807, 2.05) is 12.3 Å². The average Bonchev–Trinajstić information content (AvgIpc) is 2.06. The Morgan fingerprint density at radius 2 is 2.09 bits per heavy atom. The van der Waals surface area contributed by atoms with Crippen LogP contribution in [0.4, 0.5) is 0 Å². The van der Waals surface area contributed by atoms with Crippen molar-refractivity contribution in [3.63, 3.8) is 0 Å². The monoisotopic (exact) mass is 150 g/mol. The third-order valence-corrected chi connectivity index (χ3v) is 2.25. The van der Waals surface area contributed by atoms with E-state index in [2.05, 4.69) is 31.0 Å². The van der Waals surface area contributed by atoms with Gasteiger partial charge >= 0.3 is 0 Å². The van der Waals surface area contributed by atoms with Gasteiger partial charge in [-0.05, 0) is 23.5 Å². The second-order valence-corrected chi connectivity index (χ2v) is 3.37. The molecule has 60 valence electrons. The molecule has 0 saturated heterocycles. The molecule has 0 unspecified atom stereocenters. The van der Waals surface area contributed by atoms with Crippen LogP contribution in [0, 0.1) is 0 Å². The zero-order valence-corrected chi connectivity index (χ0v) is 7.33. The standard InChI is InChI=1S/C9H14N2/c1-4-9(2,3)8-5-6-10-11-7-8/h5-7H,4H2,1-3H3. The fourth-order valence-corrected chi connectivity index (χ4v) is 0.895. The Morgan fingerprint density at radius 3 is 2.55 bits per heavy atom. The SMILES string of the molecule is CCC(C)(C)c1ccnnc1. The maximum Gasteiger partial charge on any atom is 0.0533 e. The molecule has 2 nitrogen and oxygen atoms in total. The van der Waals surface area contributed by atoms with Crippen molar-refractivity contribution >= 4 is 0 Å². The van der Waals surface area contributed by atoms with Gasteiger partial charge in [0.15, 0.2) is 0 Å². The van der Waals surface area contributed by atoms with Crippen molar-refractivity contribution in [2.24, 2.45) is 0 Å². The highest BCUT2D eigenvalue weighted by Gasteiger charge is 2.17. The van der Waals surface area contributed by atoms with E-state index in [1.165, 1.54) is 5.56 Å². The highest BCUT2D eigenvalue weighted by Crippen LogP contribution is 2.24. The molecule has 0 spiro atoms. The van der Waals surface area contributed by atoms with Crippen molar-refractivity contribution in [2.45, 2.75) is 32.6 Å². The van der Waals surface area contributed by atoms with Gasteiger partial charge in [-0.1, -0.05) is 20.8 Å². The Labute approximate surface area is 67.7 Å². The van der Waals surface area contributed by atoms with E-state index in [9.17, 15) is 0 Å². The summed E-state index contributed by atoms with van der Waals surface area (Å²) in [5.74, 6) is 0. The minimum Gasteiger partial charge on any atom is -0.159 e. The zero-order chi connectivity index (χ0) is 8.32. The predicted molar refractivity (Wildman–Crippen MR) is 45.3 cm³/mol. The van der Waals surface area contributed by atoms with Crippen LogP contribution in [0.15, 0.2) is 18.5 Å². The summed E-state index contributed by atoms with van der Waals surface area (Å²) in [5, 5.41) is 7.59. The van der Waals surface area contributed by atoms with Crippen LogP contribution < -0.4 is 0 Å². The predicted octanol–water partition coefficient (Wildman–Crippen LogP) is 2.16. The summed E-state index contributed by atoms with van der Waals surface area (Å²) in [6, 6.07) is 2.02. The van der Waals surface area contributed by atoms with Crippen molar-refractivity contribution < 1.29 is 0 Å². The summed E-state index contributed by atoms with van der Waals surface area (Å²) in [6.45, 7) is 6.61. The smallest absolute Gasteiger partial charge is 0.0533 e. The Morgan fingerprint density at radius 1 is 1.36 bits per heavy atom. The first-order valence-corrected chi connectivity index (χ1v) is 3.94. The van der Waals surface area contributed by atoms with Gasteiger partial charge in [0.1, 0.15) is 0 Å². The molecule has 1 rings (SSSR count). The third kappa shape index (κ3) is 1.76. The van der Waals surface area contributed by atoms with Gasteiger partial charge < -0.3 is 0 Å². The summed E-state index contributed by atoms with van der Waals surface area (Å²) in [6.07, 6.45) is 4.70. The van der Waals surface area contributed by atoms with Gasteiger partial charge in [-0.25, -0.2) is 0 Å². The minimum absolute atomic E-state index is 0.232. The van der Waals surface area contributed by atoms with Gasteiger partial charge in [0, 0.05) is 6.20 Å². The van der Waals surface area contributed by atoms with Crippen molar-refractivity contribution in [1.82, 2.24) is 10.2 Å². The maximum atomic E-state index is 3.85. The number of nitrogens with zero attached hydrogens (tertiary/aromatic N) is 2. The normalized spacial score (nSPS) is 11.5. The van der Waals surface area contributed by atoms with E-state index in [4.69, 9.17) is 0 Å². The summed E-state index contributed by atoms with van der Waals surface area (Å²) in [5.41, 5.74) is 1.49. The highest BCUT2D eigenvalue weighted by atomic mass is 15.1. The van der Waals surface area contributed by atoms with Gasteiger partial charge in [-0.3, -0.25) is 0 Å². The van der Waals surface area contributed by atoms with E-state index in [1.54, 1.807) is 6.20 Å². The Kier molecular flexibility index (Phi) is 2.22. The number of rotatable bonds is 2. The molecule has 11 heavy (non-hydrogen) atoms. The molecule has 0 N–H and O–H groups in total. The molecule has 2 heteroatoms. The van der Waals surface area contributed by atoms with E-state index >= 15 is 0 Å². The van der Waals surface area contributed by atoms with Crippen LogP contribution in [0.5, 0.6) is 0 Å². The topological polar surface area (TPSA) is 25.8 Å². The lowest BCUT2D eigenvalue weighted by molar-refractivity contribution is 0.503. The first-order valence-electron chi connectivity index (χ1n) is 3.94. The second-order valence-electron chi connectivity index (χ2n) is 3.37. The van der Waals surface area contributed by atoms with Crippen LogP contribution in [-0.2, 0) is 5.41 Å². The van der Waals surface area contributed by atoms with E-state index in [-0.39, 0.29) is 5.41 Å². The fourth-order valence-electron chi connectivity index (χ4n) is 0.895. The molecule has 1 aromatic heterocycles. The molecule has 0 aromatic carbocycles. The van der Waals surface area contributed by atoms with Crippen molar-refractivity contribution in [2.75, 3.05) is 0 Å². The average molecular weight is 150 g/mol. The Hall–Kier alpha value is -0.920. The minimum atomic E-state index is 0.232. The molecule has 0 bridgehead atoms. The first kappa shape index (κ1) is 8.18. The highest BCUT2D eigenvalue weighted by molar-refractivity contribution is 5.16. The largest absolute Gasteiger partial charge is 0.159 e. The molecule has 0 radical (unpaired) electrons. The molecule has 0 atom stereocenters. The van der Waals surface area contributed by atoms with Crippen LogP contribution in [-0.4, -0.2) is 10.2 Å². The van der Waals surface area contributed by atoms with Crippen molar-refractivity contribution in [3.05, 3.63) is 24.0 Å². The van der Waals surface area contributed by atoms with Crippen molar-refractivity contribution in [3.8, 4) is 0 Å². The number of hydrogen-bond acceptors (Lipinski definition) is 2. The number of hydrogen-bond donors (Lipinski definition) is 0. The molecular weight excluding hydrogens is 136 g/mol. The van der Waals surface area contributed by atoms with Crippen LogP contribution in [0.2, 0.25) is 0 Å². The van der Waals surface area contributed by atoms with Crippen LogP contribution in [0.25, 0.3) is 0 Å². The van der Waals surface area contributed by atoms with Gasteiger partial charge in [0.25, 0.3) is 0 Å². The number of aromatic nitrogens is 2. The molecule has 0 aliphatic rings. The van der Waals surface area contributed by atoms with E-state index in [0.717, 1.165) is 6.42 Å². The van der Waals surface area contributed by atoms with Crippen LogP contribution in [0.1, 0.15) is 32.8 Å². The third-order valence-electron chi connectivity index (χ3n) is 2.25. The van der Waals surface area contributed by atoms with Gasteiger partial charge in [-0.15, -0.1) is 0 Å². The van der Waals surface area contributed by atoms with E-state index in [0.29, 0.717) is 0 Å². The first-order chi connectivity index (χ1) is 5.17.